The summed E-state index contributed by atoms with van der Waals surface area (Å²) in [6, 6.07) is 16.1. The predicted octanol–water partition coefficient (Wildman–Crippen LogP) is 2.16. The van der Waals surface area contributed by atoms with Gasteiger partial charge in [-0.15, -0.1) is 12.4 Å². The van der Waals surface area contributed by atoms with Gasteiger partial charge in [0.2, 0.25) is 5.91 Å². The first-order valence-electron chi connectivity index (χ1n) is 7.79. The summed E-state index contributed by atoms with van der Waals surface area (Å²) in [7, 11) is 0. The standard InChI is InChI=1S/C18H21N3O2.ClH/c19-17(14-6-2-1-3-7-14)18(23)21-12-10-20(11-13-21)15-8-4-5-9-16(15)22;/h1-9,17,22H,10-13,19H2;1H. The Morgan fingerprint density at radius 1 is 0.958 bits per heavy atom. The number of para-hydroxylation sites is 2. The molecule has 2 aromatic rings. The van der Waals surface area contributed by atoms with Crippen molar-refractivity contribution in [2.24, 2.45) is 5.73 Å². The molecule has 1 aliphatic rings. The van der Waals surface area contributed by atoms with Gasteiger partial charge in [0.15, 0.2) is 0 Å². The van der Waals surface area contributed by atoms with Gasteiger partial charge in [-0.25, -0.2) is 0 Å². The van der Waals surface area contributed by atoms with Crippen molar-refractivity contribution in [2.75, 3.05) is 31.1 Å². The summed E-state index contributed by atoms with van der Waals surface area (Å²) in [4.78, 5) is 16.4. The normalized spacial score (nSPS) is 15.5. The first-order chi connectivity index (χ1) is 11.2. The summed E-state index contributed by atoms with van der Waals surface area (Å²) in [5.74, 6) is 0.224. The van der Waals surface area contributed by atoms with Crippen LogP contribution in [0.25, 0.3) is 0 Å². The van der Waals surface area contributed by atoms with E-state index in [0.29, 0.717) is 26.2 Å². The number of carbonyl (C=O) groups is 1. The van der Waals surface area contributed by atoms with Crippen LogP contribution in [0.2, 0.25) is 0 Å². The van der Waals surface area contributed by atoms with Crippen molar-refractivity contribution in [3.05, 3.63) is 60.2 Å². The van der Waals surface area contributed by atoms with Crippen molar-refractivity contribution >= 4 is 24.0 Å². The molecule has 6 heteroatoms. The zero-order valence-corrected chi connectivity index (χ0v) is 14.2. The largest absolute Gasteiger partial charge is 0.506 e. The first kappa shape index (κ1) is 18.1. The predicted molar refractivity (Wildman–Crippen MR) is 97.5 cm³/mol. The zero-order chi connectivity index (χ0) is 16.2. The molecular formula is C18H22ClN3O2. The van der Waals surface area contributed by atoms with Crippen molar-refractivity contribution in [1.29, 1.82) is 0 Å². The number of hydrogen-bond donors (Lipinski definition) is 2. The van der Waals surface area contributed by atoms with E-state index in [1.807, 2.05) is 42.5 Å². The maximum absolute atomic E-state index is 12.5. The fourth-order valence-corrected chi connectivity index (χ4v) is 2.90. The van der Waals surface area contributed by atoms with Crippen molar-refractivity contribution in [2.45, 2.75) is 6.04 Å². The fraction of sp³-hybridized carbons (Fsp3) is 0.278. The van der Waals surface area contributed by atoms with Gasteiger partial charge < -0.3 is 20.6 Å². The molecule has 0 saturated carbocycles. The molecule has 0 spiro atoms. The minimum absolute atomic E-state index is 0. The summed E-state index contributed by atoms with van der Waals surface area (Å²) in [5, 5.41) is 9.93. The Balaban J connectivity index is 0.00000208. The van der Waals surface area contributed by atoms with E-state index in [1.54, 1.807) is 17.0 Å². The highest BCUT2D eigenvalue weighted by Gasteiger charge is 2.26. The number of benzene rings is 2. The van der Waals surface area contributed by atoms with Gasteiger partial charge in [0.05, 0.1) is 5.69 Å². The molecule has 1 unspecified atom stereocenters. The highest BCUT2D eigenvalue weighted by Crippen LogP contribution is 2.27. The van der Waals surface area contributed by atoms with Gasteiger partial charge >= 0.3 is 0 Å². The summed E-state index contributed by atoms with van der Waals surface area (Å²) < 4.78 is 0. The third-order valence-electron chi connectivity index (χ3n) is 4.24. The second-order valence-electron chi connectivity index (χ2n) is 5.69. The van der Waals surface area contributed by atoms with Gasteiger partial charge in [-0.2, -0.15) is 0 Å². The summed E-state index contributed by atoms with van der Waals surface area (Å²) >= 11 is 0. The molecule has 1 amide bonds. The Labute approximate surface area is 148 Å². The van der Waals surface area contributed by atoms with E-state index in [9.17, 15) is 9.90 Å². The monoisotopic (exact) mass is 347 g/mol. The van der Waals surface area contributed by atoms with E-state index in [1.165, 1.54) is 0 Å². The van der Waals surface area contributed by atoms with Gasteiger partial charge in [-0.05, 0) is 17.7 Å². The summed E-state index contributed by atoms with van der Waals surface area (Å²) in [6.07, 6.45) is 0. The molecule has 0 radical (unpaired) electrons. The number of halogens is 1. The number of amides is 1. The number of phenols is 1. The molecule has 5 nitrogen and oxygen atoms in total. The van der Waals surface area contributed by atoms with Crippen molar-refractivity contribution in [3.63, 3.8) is 0 Å². The third-order valence-corrected chi connectivity index (χ3v) is 4.24. The van der Waals surface area contributed by atoms with Crippen LogP contribution in [0.1, 0.15) is 11.6 Å². The average Bonchev–Trinajstić information content (AvgIpc) is 2.62. The number of nitrogens with zero attached hydrogens (tertiary/aromatic N) is 2. The van der Waals surface area contributed by atoms with Crippen LogP contribution in [0.5, 0.6) is 5.75 Å². The van der Waals surface area contributed by atoms with Crippen molar-refractivity contribution in [3.8, 4) is 5.75 Å². The lowest BCUT2D eigenvalue weighted by atomic mass is 10.1. The number of nitrogens with two attached hydrogens (primary N) is 1. The lowest BCUT2D eigenvalue weighted by Gasteiger charge is -2.37. The van der Waals surface area contributed by atoms with Gasteiger partial charge in [-0.3, -0.25) is 4.79 Å². The minimum atomic E-state index is -0.618. The number of piperazine rings is 1. The van der Waals surface area contributed by atoms with E-state index >= 15 is 0 Å². The molecule has 1 saturated heterocycles. The summed E-state index contributed by atoms with van der Waals surface area (Å²) in [5.41, 5.74) is 7.74. The van der Waals surface area contributed by atoms with Gasteiger partial charge in [0.1, 0.15) is 11.8 Å². The number of phenolic OH excluding ortho intramolecular Hbond substituents is 1. The molecule has 3 rings (SSSR count). The van der Waals surface area contributed by atoms with Crippen LogP contribution in [0.4, 0.5) is 5.69 Å². The molecule has 0 aromatic heterocycles. The maximum Gasteiger partial charge on any atom is 0.244 e. The average molecular weight is 348 g/mol. The topological polar surface area (TPSA) is 69.8 Å². The number of rotatable bonds is 3. The highest BCUT2D eigenvalue weighted by molar-refractivity contribution is 5.85. The van der Waals surface area contributed by atoms with E-state index in [0.717, 1.165) is 11.3 Å². The van der Waals surface area contributed by atoms with Crippen LogP contribution in [0, 0.1) is 0 Å². The smallest absolute Gasteiger partial charge is 0.244 e. The SMILES string of the molecule is Cl.NC(C(=O)N1CCN(c2ccccc2O)CC1)c1ccccc1. The van der Waals surface area contributed by atoms with Crippen LogP contribution < -0.4 is 10.6 Å². The molecular weight excluding hydrogens is 326 g/mol. The summed E-state index contributed by atoms with van der Waals surface area (Å²) in [6.45, 7) is 2.58. The molecule has 1 aliphatic heterocycles. The lowest BCUT2D eigenvalue weighted by Crippen LogP contribution is -2.51. The second-order valence-corrected chi connectivity index (χ2v) is 5.69. The maximum atomic E-state index is 12.5. The van der Waals surface area contributed by atoms with Crippen molar-refractivity contribution < 1.29 is 9.90 Å². The van der Waals surface area contributed by atoms with Gasteiger partial charge in [-0.1, -0.05) is 42.5 Å². The van der Waals surface area contributed by atoms with Crippen LogP contribution in [0.3, 0.4) is 0 Å². The molecule has 3 N–H and O–H groups in total. The van der Waals surface area contributed by atoms with Crippen LogP contribution in [-0.4, -0.2) is 42.1 Å². The molecule has 24 heavy (non-hydrogen) atoms. The zero-order valence-electron chi connectivity index (χ0n) is 13.3. The molecule has 1 atom stereocenters. The van der Waals surface area contributed by atoms with Crippen LogP contribution in [0.15, 0.2) is 54.6 Å². The van der Waals surface area contributed by atoms with E-state index in [4.69, 9.17) is 5.73 Å². The number of hydrogen-bond acceptors (Lipinski definition) is 4. The van der Waals surface area contributed by atoms with Gasteiger partial charge in [0, 0.05) is 26.2 Å². The number of aromatic hydroxyl groups is 1. The van der Waals surface area contributed by atoms with Crippen LogP contribution >= 0.6 is 12.4 Å². The number of carbonyl (C=O) groups excluding carboxylic acids is 1. The molecule has 2 aromatic carbocycles. The van der Waals surface area contributed by atoms with Gasteiger partial charge in [0.25, 0.3) is 0 Å². The van der Waals surface area contributed by atoms with E-state index < -0.39 is 6.04 Å². The lowest BCUT2D eigenvalue weighted by molar-refractivity contribution is -0.133. The molecule has 0 bridgehead atoms. The Kier molecular flexibility index (Phi) is 6.06. The Morgan fingerprint density at radius 3 is 2.17 bits per heavy atom. The van der Waals surface area contributed by atoms with E-state index in [-0.39, 0.29) is 24.1 Å². The highest BCUT2D eigenvalue weighted by atomic mass is 35.5. The Bertz CT molecular complexity index is 673. The Morgan fingerprint density at radius 2 is 1.54 bits per heavy atom. The minimum Gasteiger partial charge on any atom is -0.506 e. The molecule has 0 aliphatic carbocycles. The quantitative estimate of drug-likeness (QED) is 0.892. The first-order valence-corrected chi connectivity index (χ1v) is 7.79. The molecule has 1 fully saturated rings. The molecule has 1 heterocycles. The van der Waals surface area contributed by atoms with E-state index in [2.05, 4.69) is 4.90 Å². The third kappa shape index (κ3) is 3.80. The molecule has 128 valence electrons. The second kappa shape index (κ2) is 8.04. The van der Waals surface area contributed by atoms with Crippen LogP contribution in [-0.2, 0) is 4.79 Å². The fourth-order valence-electron chi connectivity index (χ4n) is 2.90. The number of anilines is 1. The van der Waals surface area contributed by atoms with Crippen molar-refractivity contribution in [1.82, 2.24) is 4.90 Å². The Hall–Kier alpha value is -2.24.